The number of thiazole rings is 1. The van der Waals surface area contributed by atoms with Crippen LogP contribution in [0.15, 0.2) is 5.38 Å². The highest BCUT2D eigenvalue weighted by atomic mass is 32.1. The Balaban J connectivity index is 1.94. The van der Waals surface area contributed by atoms with Gasteiger partial charge in [0.25, 0.3) is 0 Å². The normalized spacial score (nSPS) is 24.2. The lowest BCUT2D eigenvalue weighted by atomic mass is 9.94. The van der Waals surface area contributed by atoms with Crippen molar-refractivity contribution < 1.29 is 9.53 Å². The van der Waals surface area contributed by atoms with Gasteiger partial charge in [0, 0.05) is 18.0 Å². The Morgan fingerprint density at radius 2 is 2.47 bits per heavy atom. The maximum Gasteiger partial charge on any atom is 0.357 e. The molecule has 1 aromatic heterocycles. The molecule has 2 rings (SSSR count). The zero-order chi connectivity index (χ0) is 13.8. The Morgan fingerprint density at radius 1 is 1.68 bits per heavy atom. The molecule has 2 heterocycles. The molecule has 0 bridgehead atoms. The molecular formula is C13H21N3O2S. The van der Waals surface area contributed by atoms with Crippen molar-refractivity contribution >= 4 is 22.4 Å². The van der Waals surface area contributed by atoms with Crippen LogP contribution in [0.5, 0.6) is 0 Å². The summed E-state index contributed by atoms with van der Waals surface area (Å²) < 4.78 is 4.94. The van der Waals surface area contributed by atoms with Crippen LogP contribution in [0.3, 0.4) is 0 Å². The second kappa shape index (κ2) is 6.34. The molecule has 1 saturated heterocycles. The lowest BCUT2D eigenvalue weighted by Crippen LogP contribution is -2.43. The molecule has 1 N–H and O–H groups in total. The average molecular weight is 283 g/mol. The maximum atomic E-state index is 11.5. The van der Waals surface area contributed by atoms with Gasteiger partial charge in [0.15, 0.2) is 10.8 Å². The molecule has 0 amide bonds. The molecule has 6 heteroatoms. The number of anilines is 1. The van der Waals surface area contributed by atoms with E-state index >= 15 is 0 Å². The van der Waals surface area contributed by atoms with Crippen molar-refractivity contribution in [1.82, 2.24) is 9.88 Å². The molecule has 2 atom stereocenters. The summed E-state index contributed by atoms with van der Waals surface area (Å²) in [5, 5.41) is 6.00. The van der Waals surface area contributed by atoms with Gasteiger partial charge in [-0.1, -0.05) is 6.92 Å². The first-order valence-corrected chi connectivity index (χ1v) is 7.55. The molecular weight excluding hydrogens is 262 g/mol. The van der Waals surface area contributed by atoms with Crippen LogP contribution < -0.4 is 5.32 Å². The standard InChI is InChI=1S/C13H21N3O2S/c1-4-18-12(17)11-8-19-13(15-11)14-10-5-6-16(3)7-9(10)2/h8-10H,4-7H2,1-3H3,(H,14,15). The number of hydrogen-bond donors (Lipinski definition) is 1. The second-order valence-corrected chi connectivity index (χ2v) is 5.90. The monoisotopic (exact) mass is 283 g/mol. The molecule has 0 radical (unpaired) electrons. The number of piperidine rings is 1. The van der Waals surface area contributed by atoms with Crippen LogP contribution in [0.25, 0.3) is 0 Å². The first-order valence-electron chi connectivity index (χ1n) is 6.68. The number of carbonyl (C=O) groups excluding carboxylic acids is 1. The van der Waals surface area contributed by atoms with Gasteiger partial charge in [-0.05, 0) is 32.9 Å². The van der Waals surface area contributed by atoms with E-state index < -0.39 is 0 Å². The highest BCUT2D eigenvalue weighted by Crippen LogP contribution is 2.23. The minimum Gasteiger partial charge on any atom is -0.461 e. The molecule has 0 aliphatic carbocycles. The van der Waals surface area contributed by atoms with Gasteiger partial charge >= 0.3 is 5.97 Å². The summed E-state index contributed by atoms with van der Waals surface area (Å²) in [7, 11) is 2.15. The van der Waals surface area contributed by atoms with E-state index in [4.69, 9.17) is 4.74 Å². The molecule has 1 aliphatic rings. The Morgan fingerprint density at radius 3 is 3.16 bits per heavy atom. The number of likely N-dealkylation sites (tertiary alicyclic amines) is 1. The largest absolute Gasteiger partial charge is 0.461 e. The van der Waals surface area contributed by atoms with Crippen molar-refractivity contribution in [2.75, 3.05) is 32.1 Å². The summed E-state index contributed by atoms with van der Waals surface area (Å²) in [5.74, 6) is 0.233. The van der Waals surface area contributed by atoms with Crippen molar-refractivity contribution in [3.05, 3.63) is 11.1 Å². The number of nitrogens with zero attached hydrogens (tertiary/aromatic N) is 2. The van der Waals surface area contributed by atoms with Gasteiger partial charge in [0.2, 0.25) is 0 Å². The van der Waals surface area contributed by atoms with Gasteiger partial charge < -0.3 is 15.0 Å². The SMILES string of the molecule is CCOC(=O)c1csc(NC2CCN(C)CC2C)n1. The number of rotatable bonds is 4. The average Bonchev–Trinajstić information content (AvgIpc) is 2.82. The van der Waals surface area contributed by atoms with Gasteiger partial charge in [-0.2, -0.15) is 0 Å². The van der Waals surface area contributed by atoms with E-state index in [0.717, 1.165) is 24.6 Å². The van der Waals surface area contributed by atoms with Crippen LogP contribution in [0.2, 0.25) is 0 Å². The van der Waals surface area contributed by atoms with Crippen molar-refractivity contribution in [3.63, 3.8) is 0 Å². The summed E-state index contributed by atoms with van der Waals surface area (Å²) in [6, 6.07) is 0.428. The third kappa shape index (κ3) is 3.67. The fraction of sp³-hybridized carbons (Fsp3) is 0.692. The van der Waals surface area contributed by atoms with Crippen molar-refractivity contribution in [2.24, 2.45) is 5.92 Å². The van der Waals surface area contributed by atoms with E-state index in [0.29, 0.717) is 24.3 Å². The summed E-state index contributed by atoms with van der Waals surface area (Å²) >= 11 is 1.46. The van der Waals surface area contributed by atoms with Gasteiger partial charge in [0.1, 0.15) is 0 Å². The zero-order valence-electron chi connectivity index (χ0n) is 11.7. The molecule has 5 nitrogen and oxygen atoms in total. The number of nitrogens with one attached hydrogen (secondary N) is 1. The lowest BCUT2D eigenvalue weighted by molar-refractivity contribution is 0.0520. The summed E-state index contributed by atoms with van der Waals surface area (Å²) in [6.07, 6.45) is 1.10. The van der Waals surface area contributed by atoms with Gasteiger partial charge in [-0.15, -0.1) is 11.3 Å². The third-order valence-corrected chi connectivity index (χ3v) is 4.18. The van der Waals surface area contributed by atoms with Crippen molar-refractivity contribution in [1.29, 1.82) is 0 Å². The lowest BCUT2D eigenvalue weighted by Gasteiger charge is -2.35. The minimum atomic E-state index is -0.344. The molecule has 1 aliphatic heterocycles. The Bertz CT molecular complexity index is 435. The van der Waals surface area contributed by atoms with Crippen LogP contribution in [0.1, 0.15) is 30.8 Å². The van der Waals surface area contributed by atoms with Crippen LogP contribution in [-0.2, 0) is 4.74 Å². The smallest absolute Gasteiger partial charge is 0.357 e. The zero-order valence-corrected chi connectivity index (χ0v) is 12.5. The van der Waals surface area contributed by atoms with E-state index in [9.17, 15) is 4.79 Å². The Labute approximate surface area is 118 Å². The van der Waals surface area contributed by atoms with Crippen LogP contribution >= 0.6 is 11.3 Å². The second-order valence-electron chi connectivity index (χ2n) is 5.04. The van der Waals surface area contributed by atoms with E-state index in [1.54, 1.807) is 12.3 Å². The predicted molar refractivity (Wildman–Crippen MR) is 76.8 cm³/mol. The van der Waals surface area contributed by atoms with Crippen molar-refractivity contribution in [2.45, 2.75) is 26.3 Å². The van der Waals surface area contributed by atoms with E-state index in [1.807, 2.05) is 0 Å². The van der Waals surface area contributed by atoms with Gasteiger partial charge in [-0.3, -0.25) is 0 Å². The molecule has 1 fully saturated rings. The first-order chi connectivity index (χ1) is 9.10. The highest BCUT2D eigenvalue weighted by Gasteiger charge is 2.25. The number of ether oxygens (including phenoxy) is 1. The molecule has 0 saturated carbocycles. The summed E-state index contributed by atoms with van der Waals surface area (Å²) in [6.45, 7) is 6.60. The van der Waals surface area contributed by atoms with E-state index in [-0.39, 0.29) is 5.97 Å². The summed E-state index contributed by atoms with van der Waals surface area (Å²) in [4.78, 5) is 18.2. The molecule has 19 heavy (non-hydrogen) atoms. The molecule has 0 aromatic carbocycles. The molecule has 0 spiro atoms. The van der Waals surface area contributed by atoms with E-state index in [2.05, 4.69) is 29.2 Å². The maximum absolute atomic E-state index is 11.5. The Kier molecular flexibility index (Phi) is 4.76. The quantitative estimate of drug-likeness (QED) is 0.857. The highest BCUT2D eigenvalue weighted by molar-refractivity contribution is 7.13. The summed E-state index contributed by atoms with van der Waals surface area (Å²) in [5.41, 5.74) is 0.398. The molecule has 1 aromatic rings. The van der Waals surface area contributed by atoms with E-state index in [1.165, 1.54) is 11.3 Å². The molecule has 106 valence electrons. The van der Waals surface area contributed by atoms with Crippen LogP contribution in [-0.4, -0.2) is 48.6 Å². The minimum absolute atomic E-state index is 0.344. The van der Waals surface area contributed by atoms with Crippen LogP contribution in [0, 0.1) is 5.92 Å². The number of hydrogen-bond acceptors (Lipinski definition) is 6. The first kappa shape index (κ1) is 14.3. The van der Waals surface area contributed by atoms with Crippen molar-refractivity contribution in [3.8, 4) is 0 Å². The van der Waals surface area contributed by atoms with Crippen LogP contribution in [0.4, 0.5) is 5.13 Å². The van der Waals surface area contributed by atoms with Gasteiger partial charge in [0.05, 0.1) is 6.61 Å². The van der Waals surface area contributed by atoms with Gasteiger partial charge in [-0.25, -0.2) is 9.78 Å². The topological polar surface area (TPSA) is 54.5 Å². The Hall–Kier alpha value is -1.14. The fourth-order valence-corrected chi connectivity index (χ4v) is 3.11. The molecule has 2 unspecified atom stereocenters. The third-order valence-electron chi connectivity index (χ3n) is 3.41. The predicted octanol–water partition coefficient (Wildman–Crippen LogP) is 2.07. The number of aromatic nitrogens is 1. The number of esters is 1. The number of carbonyl (C=O) groups is 1. The fourth-order valence-electron chi connectivity index (χ4n) is 2.37.